The third-order valence-electron chi connectivity index (χ3n) is 6.75. The number of fused-ring (bicyclic) bond motifs is 1. The molecule has 2 heterocycles. The maximum atomic E-state index is 13.5. The minimum atomic E-state index is -1.06. The van der Waals surface area contributed by atoms with Gasteiger partial charge in [0.2, 0.25) is 5.91 Å². The van der Waals surface area contributed by atoms with E-state index in [1.54, 1.807) is 23.5 Å². The number of nitrogens with zero attached hydrogens (tertiary/aromatic N) is 3. The summed E-state index contributed by atoms with van der Waals surface area (Å²) in [6, 6.07) is 5.68. The van der Waals surface area contributed by atoms with Crippen molar-refractivity contribution in [3.63, 3.8) is 0 Å². The summed E-state index contributed by atoms with van der Waals surface area (Å²) in [6.07, 6.45) is 5.61. The molecule has 9 nitrogen and oxygen atoms in total. The van der Waals surface area contributed by atoms with Crippen LogP contribution in [0.4, 0.5) is 0 Å². The Labute approximate surface area is 207 Å². The van der Waals surface area contributed by atoms with Crippen molar-refractivity contribution in [1.82, 2.24) is 25.1 Å². The van der Waals surface area contributed by atoms with Gasteiger partial charge < -0.3 is 24.8 Å². The number of likely N-dealkylation sites (N-methyl/N-ethyl adjacent to an activating group) is 1. The summed E-state index contributed by atoms with van der Waals surface area (Å²) >= 11 is 3.43. The fraction of sp³-hybridized carbons (Fsp3) is 0.500. The number of hydrogen-bond donors (Lipinski definition) is 2. The number of halogens is 1. The predicted octanol–water partition coefficient (Wildman–Crippen LogP) is 2.88. The number of methoxy groups -OCH3 is 1. The Hall–Kier alpha value is -2.88. The number of imidazole rings is 1. The number of benzene rings is 1. The summed E-state index contributed by atoms with van der Waals surface area (Å²) in [6.45, 7) is 4.40. The van der Waals surface area contributed by atoms with Crippen molar-refractivity contribution in [2.75, 3.05) is 13.7 Å². The van der Waals surface area contributed by atoms with Crippen molar-refractivity contribution in [3.05, 3.63) is 46.0 Å². The third kappa shape index (κ3) is 4.43. The van der Waals surface area contributed by atoms with E-state index >= 15 is 0 Å². The van der Waals surface area contributed by atoms with Crippen LogP contribution in [0.3, 0.4) is 0 Å². The van der Waals surface area contributed by atoms with Crippen molar-refractivity contribution >= 4 is 33.7 Å². The van der Waals surface area contributed by atoms with Gasteiger partial charge in [0.1, 0.15) is 17.0 Å². The Morgan fingerprint density at radius 1 is 1.29 bits per heavy atom. The van der Waals surface area contributed by atoms with Crippen LogP contribution in [0.2, 0.25) is 0 Å². The highest BCUT2D eigenvalue weighted by Gasteiger charge is 2.48. The van der Waals surface area contributed by atoms with Crippen LogP contribution < -0.4 is 15.4 Å². The van der Waals surface area contributed by atoms with E-state index in [1.807, 2.05) is 25.1 Å². The van der Waals surface area contributed by atoms with Gasteiger partial charge >= 0.3 is 0 Å². The average Bonchev–Trinajstić information content (AvgIpc) is 3.47. The molecule has 0 saturated heterocycles. The predicted molar refractivity (Wildman–Crippen MR) is 130 cm³/mol. The van der Waals surface area contributed by atoms with Crippen molar-refractivity contribution in [3.8, 4) is 5.75 Å². The zero-order valence-corrected chi connectivity index (χ0v) is 21.3. The van der Waals surface area contributed by atoms with E-state index in [-0.39, 0.29) is 42.3 Å². The summed E-state index contributed by atoms with van der Waals surface area (Å²) in [7, 11) is 1.57. The van der Waals surface area contributed by atoms with Crippen LogP contribution in [0.5, 0.6) is 5.75 Å². The van der Waals surface area contributed by atoms with Gasteiger partial charge in [0.05, 0.1) is 20.0 Å². The molecule has 0 radical (unpaired) electrons. The lowest BCUT2D eigenvalue weighted by Crippen LogP contribution is -2.64. The monoisotopic (exact) mass is 531 g/mol. The molecule has 1 aromatic heterocycles. The second-order valence-corrected chi connectivity index (χ2v) is 9.90. The maximum absolute atomic E-state index is 13.5. The topological polar surface area (TPSA) is 106 Å². The number of ether oxygens (including phenoxy) is 1. The van der Waals surface area contributed by atoms with E-state index < -0.39 is 11.4 Å². The number of carbonyl (C=O) groups is 3. The Balaban J connectivity index is 1.55. The molecule has 1 fully saturated rings. The van der Waals surface area contributed by atoms with Crippen molar-refractivity contribution in [2.45, 2.75) is 64.2 Å². The van der Waals surface area contributed by atoms with Gasteiger partial charge in [-0.2, -0.15) is 0 Å². The van der Waals surface area contributed by atoms with Crippen molar-refractivity contribution < 1.29 is 19.1 Å². The Kier molecular flexibility index (Phi) is 6.97. The van der Waals surface area contributed by atoms with Crippen LogP contribution in [0.1, 0.15) is 66.1 Å². The van der Waals surface area contributed by atoms with Gasteiger partial charge in [-0.1, -0.05) is 28.8 Å². The van der Waals surface area contributed by atoms with Gasteiger partial charge in [-0.15, -0.1) is 0 Å². The standard InChI is InChI=1S/C24H30BrN5O4/c1-4-30-22(32)20-19(21(31)26-12-15-11-16(25)9-10-18(15)34-3)27-14-29(20)13-24(30,2)23(33)28-17-7-5-6-8-17/h9-11,14,17H,4-8,12-13H2,1-3H3,(H,26,31)(H,28,33). The van der Waals surface area contributed by atoms with Crippen molar-refractivity contribution in [2.24, 2.45) is 0 Å². The molecule has 2 N–H and O–H groups in total. The molecule has 1 aromatic carbocycles. The SMILES string of the molecule is CCN1C(=O)c2c(C(=O)NCc3cc(Br)ccc3OC)ncn2CC1(C)C(=O)NC1CCCC1. The van der Waals surface area contributed by atoms with E-state index in [0.717, 1.165) is 35.7 Å². The minimum absolute atomic E-state index is 0.0515. The number of hydrogen-bond acceptors (Lipinski definition) is 5. The molecule has 1 aliphatic carbocycles. The fourth-order valence-corrected chi connectivity index (χ4v) is 5.31. The Bertz CT molecular complexity index is 1110. The summed E-state index contributed by atoms with van der Waals surface area (Å²) in [5, 5.41) is 5.96. The molecule has 4 rings (SSSR count). The number of nitrogens with one attached hydrogen (secondary N) is 2. The molecule has 3 amide bonds. The molecule has 2 aliphatic rings. The number of amides is 3. The van der Waals surface area contributed by atoms with Gasteiger partial charge in [0.15, 0.2) is 5.69 Å². The number of aromatic nitrogens is 2. The molecule has 10 heteroatoms. The van der Waals surface area contributed by atoms with E-state index in [0.29, 0.717) is 12.3 Å². The zero-order valence-electron chi connectivity index (χ0n) is 19.7. The smallest absolute Gasteiger partial charge is 0.273 e. The highest BCUT2D eigenvalue weighted by atomic mass is 79.9. The van der Waals surface area contributed by atoms with Crippen LogP contribution in [0.15, 0.2) is 29.0 Å². The van der Waals surface area contributed by atoms with E-state index in [2.05, 4.69) is 31.5 Å². The van der Waals surface area contributed by atoms with Gasteiger partial charge in [0.25, 0.3) is 11.8 Å². The second kappa shape index (κ2) is 9.77. The molecule has 1 atom stereocenters. The molecule has 34 heavy (non-hydrogen) atoms. The van der Waals surface area contributed by atoms with Crippen LogP contribution in [0.25, 0.3) is 0 Å². The largest absolute Gasteiger partial charge is 0.496 e. The summed E-state index contributed by atoms with van der Waals surface area (Å²) in [4.78, 5) is 45.5. The molecule has 1 unspecified atom stereocenters. The molecular weight excluding hydrogens is 502 g/mol. The zero-order chi connectivity index (χ0) is 24.5. The Morgan fingerprint density at radius 3 is 2.71 bits per heavy atom. The quantitative estimate of drug-likeness (QED) is 0.571. The summed E-state index contributed by atoms with van der Waals surface area (Å²) in [5.74, 6) is -0.353. The average molecular weight is 532 g/mol. The molecule has 0 spiro atoms. The van der Waals surface area contributed by atoms with Gasteiger partial charge in [-0.05, 0) is 44.9 Å². The maximum Gasteiger partial charge on any atom is 0.273 e. The first-order chi connectivity index (χ1) is 16.3. The minimum Gasteiger partial charge on any atom is -0.496 e. The van der Waals surface area contributed by atoms with Gasteiger partial charge in [-0.3, -0.25) is 14.4 Å². The lowest BCUT2D eigenvalue weighted by Gasteiger charge is -2.43. The Morgan fingerprint density at radius 2 is 2.03 bits per heavy atom. The normalized spacial score (nSPS) is 20.2. The van der Waals surface area contributed by atoms with E-state index in [1.165, 1.54) is 6.33 Å². The summed E-state index contributed by atoms with van der Waals surface area (Å²) < 4.78 is 7.85. The molecule has 0 bridgehead atoms. The van der Waals surface area contributed by atoms with Crippen LogP contribution in [-0.2, 0) is 17.9 Å². The molecule has 182 valence electrons. The summed E-state index contributed by atoms with van der Waals surface area (Å²) in [5.41, 5.74) is -0.0159. The van der Waals surface area contributed by atoms with Crippen LogP contribution in [-0.4, -0.2) is 57.4 Å². The van der Waals surface area contributed by atoms with Crippen LogP contribution in [0, 0.1) is 0 Å². The highest BCUT2D eigenvalue weighted by molar-refractivity contribution is 9.10. The van der Waals surface area contributed by atoms with Crippen LogP contribution >= 0.6 is 15.9 Å². The van der Waals surface area contributed by atoms with Gasteiger partial charge in [-0.25, -0.2) is 4.98 Å². The number of carbonyl (C=O) groups excluding carboxylic acids is 3. The second-order valence-electron chi connectivity index (χ2n) is 8.99. The lowest BCUT2D eigenvalue weighted by molar-refractivity contribution is -0.133. The molecule has 2 aromatic rings. The molecule has 1 saturated carbocycles. The fourth-order valence-electron chi connectivity index (χ4n) is 4.90. The lowest BCUT2D eigenvalue weighted by atomic mass is 9.94. The first-order valence-corrected chi connectivity index (χ1v) is 12.4. The van der Waals surface area contributed by atoms with Gasteiger partial charge in [0, 0.05) is 29.2 Å². The first-order valence-electron chi connectivity index (χ1n) is 11.6. The molecular formula is C24H30BrN5O4. The number of rotatable bonds is 7. The van der Waals surface area contributed by atoms with Crippen molar-refractivity contribution in [1.29, 1.82) is 0 Å². The molecule has 1 aliphatic heterocycles. The van der Waals surface area contributed by atoms with E-state index in [4.69, 9.17) is 4.74 Å². The van der Waals surface area contributed by atoms with E-state index in [9.17, 15) is 14.4 Å². The first kappa shape index (κ1) is 24.3. The third-order valence-corrected chi connectivity index (χ3v) is 7.25. The highest BCUT2D eigenvalue weighted by Crippen LogP contribution is 2.30.